The van der Waals surface area contributed by atoms with Gasteiger partial charge in [-0.25, -0.2) is 4.39 Å². The average molecular weight is 487 g/mol. The summed E-state index contributed by atoms with van der Waals surface area (Å²) in [6, 6.07) is -0.253. The minimum Gasteiger partial charge on any atom is -0.510 e. The first-order chi connectivity index (χ1) is 16.5. The van der Waals surface area contributed by atoms with Crippen molar-refractivity contribution in [3.8, 4) is 5.75 Å². The van der Waals surface area contributed by atoms with Crippen LogP contribution in [-0.2, 0) is 16.0 Å². The van der Waals surface area contributed by atoms with Gasteiger partial charge in [0.25, 0.3) is 5.91 Å². The third kappa shape index (κ3) is 3.01. The van der Waals surface area contributed by atoms with Crippen LogP contribution in [0.4, 0.5) is 4.39 Å². The summed E-state index contributed by atoms with van der Waals surface area (Å²) in [6.07, 6.45) is 1.34. The molecule has 1 amide bonds. The number of carbonyl (C=O) groups is 3. The number of benzene rings is 1. The minimum absolute atomic E-state index is 0.00595. The van der Waals surface area contributed by atoms with Crippen molar-refractivity contribution >= 4 is 17.5 Å². The zero-order chi connectivity index (χ0) is 25.4. The maximum Gasteiger partial charge on any atom is 0.255 e. The van der Waals surface area contributed by atoms with Crippen LogP contribution in [0.1, 0.15) is 46.8 Å². The number of phenols is 1. The monoisotopic (exact) mass is 487 g/mol. The molecule has 1 saturated heterocycles. The van der Waals surface area contributed by atoms with Crippen LogP contribution < -0.4 is 16.4 Å². The SMILES string of the molecule is CN[C@@H]1C(O)=C(C(N)=O)C(=O)[C@@]2(O)C(O)=C3C(=O)c4c(O)cc(C5CCCN5)c(F)c4C[C@H]3C[C@@H]12. The number of carbonyl (C=O) groups excluding carboxylic acids is 3. The highest BCUT2D eigenvalue weighted by molar-refractivity contribution is 6.24. The first-order valence-electron chi connectivity index (χ1n) is 11.5. The quantitative estimate of drug-likeness (QED) is 0.296. The molecule has 0 aromatic heterocycles. The molecule has 1 aromatic carbocycles. The Morgan fingerprint density at radius 1 is 1.29 bits per heavy atom. The molecule has 5 rings (SSSR count). The first kappa shape index (κ1) is 23.5. The molecule has 3 aliphatic carbocycles. The molecule has 1 aromatic rings. The highest BCUT2D eigenvalue weighted by atomic mass is 19.1. The van der Waals surface area contributed by atoms with Gasteiger partial charge in [0.05, 0.1) is 11.6 Å². The molecule has 35 heavy (non-hydrogen) atoms. The fourth-order valence-corrected chi connectivity index (χ4v) is 6.28. The number of halogens is 1. The number of aliphatic hydroxyl groups is 3. The Kier molecular flexibility index (Phi) is 5.28. The molecule has 186 valence electrons. The molecule has 4 aliphatic rings. The Balaban J connectivity index is 1.68. The number of hydrogen-bond donors (Lipinski definition) is 7. The fraction of sp³-hybridized carbons (Fsp3) is 0.458. The second-order valence-electron chi connectivity index (χ2n) is 9.62. The van der Waals surface area contributed by atoms with Crippen molar-refractivity contribution in [2.24, 2.45) is 17.6 Å². The summed E-state index contributed by atoms with van der Waals surface area (Å²) in [7, 11) is 1.42. The van der Waals surface area contributed by atoms with Gasteiger partial charge in [-0.15, -0.1) is 0 Å². The lowest BCUT2D eigenvalue weighted by Crippen LogP contribution is -2.63. The number of fused-ring (bicyclic) bond motifs is 3. The summed E-state index contributed by atoms with van der Waals surface area (Å²) in [5.74, 6) is -8.24. The number of phenolic OH excluding ortho intramolecular Hbond substituents is 1. The number of primary amides is 1. The van der Waals surface area contributed by atoms with Crippen molar-refractivity contribution < 1.29 is 39.2 Å². The van der Waals surface area contributed by atoms with Gasteiger partial charge in [0.15, 0.2) is 11.4 Å². The Bertz CT molecular complexity index is 1250. The predicted molar refractivity (Wildman–Crippen MR) is 119 cm³/mol. The average Bonchev–Trinajstić information content (AvgIpc) is 3.33. The number of hydrogen-bond acceptors (Lipinski definition) is 9. The topological polar surface area (TPSA) is 182 Å². The Labute approximate surface area is 199 Å². The van der Waals surface area contributed by atoms with Crippen molar-refractivity contribution in [2.75, 3.05) is 13.6 Å². The normalized spacial score (nSPS) is 32.4. The van der Waals surface area contributed by atoms with E-state index in [4.69, 9.17) is 5.73 Å². The van der Waals surface area contributed by atoms with E-state index in [9.17, 15) is 34.8 Å². The van der Waals surface area contributed by atoms with E-state index >= 15 is 4.39 Å². The maximum atomic E-state index is 15.6. The van der Waals surface area contributed by atoms with Crippen molar-refractivity contribution in [3.05, 3.63) is 51.2 Å². The zero-order valence-electron chi connectivity index (χ0n) is 18.9. The summed E-state index contributed by atoms with van der Waals surface area (Å²) in [6.45, 7) is 0.703. The molecular weight excluding hydrogens is 461 g/mol. The van der Waals surface area contributed by atoms with Gasteiger partial charge in [-0.1, -0.05) is 0 Å². The Morgan fingerprint density at radius 2 is 2.00 bits per heavy atom. The van der Waals surface area contributed by atoms with Gasteiger partial charge in [-0.2, -0.15) is 0 Å². The van der Waals surface area contributed by atoms with Crippen LogP contribution in [0.5, 0.6) is 5.75 Å². The van der Waals surface area contributed by atoms with Gasteiger partial charge < -0.3 is 36.8 Å². The van der Waals surface area contributed by atoms with E-state index in [1.54, 1.807) is 0 Å². The lowest BCUT2D eigenvalue weighted by Gasteiger charge is -2.48. The number of allylic oxidation sites excluding steroid dienone is 1. The van der Waals surface area contributed by atoms with Gasteiger partial charge in [0.1, 0.15) is 28.7 Å². The van der Waals surface area contributed by atoms with Crippen molar-refractivity contribution in [1.29, 1.82) is 0 Å². The second-order valence-corrected chi connectivity index (χ2v) is 9.62. The van der Waals surface area contributed by atoms with Crippen LogP contribution in [0, 0.1) is 17.7 Å². The maximum absolute atomic E-state index is 15.6. The molecule has 1 aliphatic heterocycles. The number of Topliss-reactive ketones (excluding diaryl/α,β-unsaturated/α-hetero) is 2. The minimum atomic E-state index is -2.72. The zero-order valence-corrected chi connectivity index (χ0v) is 18.9. The van der Waals surface area contributed by atoms with E-state index < -0.39 is 69.6 Å². The smallest absolute Gasteiger partial charge is 0.255 e. The van der Waals surface area contributed by atoms with Crippen LogP contribution >= 0.6 is 0 Å². The van der Waals surface area contributed by atoms with Gasteiger partial charge in [0, 0.05) is 28.7 Å². The molecule has 0 radical (unpaired) electrons. The summed E-state index contributed by atoms with van der Waals surface area (Å²) in [4.78, 5) is 38.5. The number of aliphatic hydroxyl groups excluding tert-OH is 2. The summed E-state index contributed by atoms with van der Waals surface area (Å²) < 4.78 is 15.6. The van der Waals surface area contributed by atoms with Crippen LogP contribution in [0.2, 0.25) is 0 Å². The molecule has 5 atom stereocenters. The van der Waals surface area contributed by atoms with Gasteiger partial charge in [-0.05, 0) is 51.3 Å². The lowest BCUT2D eigenvalue weighted by atomic mass is 9.58. The second kappa shape index (κ2) is 7.87. The highest BCUT2D eigenvalue weighted by Gasteiger charge is 2.62. The number of rotatable bonds is 3. The third-order valence-corrected chi connectivity index (χ3v) is 7.91. The first-order valence-corrected chi connectivity index (χ1v) is 11.5. The van der Waals surface area contributed by atoms with E-state index in [-0.39, 0.29) is 41.1 Å². The molecule has 0 bridgehead atoms. The molecule has 1 unspecified atom stereocenters. The van der Waals surface area contributed by atoms with E-state index in [1.807, 2.05) is 0 Å². The standard InChI is InChI=1S/C24H26FN3O7/c1-27-18-11-6-8-5-10-15(13(29)7-9(17(10)25)12-3-2-4-28-12)19(30)14(8)21(32)24(11,35)22(33)16(20(18)31)23(26)34/h7-8,11-12,18,27-29,31-32,35H,2-6H2,1H3,(H2,26,34)/t8-,11-,12?,18-,24-/m0/s1. The van der Waals surface area contributed by atoms with Crippen molar-refractivity contribution in [3.63, 3.8) is 0 Å². The van der Waals surface area contributed by atoms with Crippen molar-refractivity contribution in [2.45, 2.75) is 43.4 Å². The Hall–Kier alpha value is -3.28. The molecule has 10 nitrogen and oxygen atoms in total. The number of nitrogens with one attached hydrogen (secondary N) is 2. The third-order valence-electron chi connectivity index (χ3n) is 7.91. The predicted octanol–water partition coefficient (Wildman–Crippen LogP) is 0.342. The molecule has 0 spiro atoms. The van der Waals surface area contributed by atoms with Crippen LogP contribution in [-0.4, -0.2) is 63.1 Å². The number of likely N-dealkylation sites (N-methyl/N-ethyl adjacent to an activating group) is 1. The highest BCUT2D eigenvalue weighted by Crippen LogP contribution is 2.52. The fourth-order valence-electron chi connectivity index (χ4n) is 6.28. The Morgan fingerprint density at radius 3 is 2.60 bits per heavy atom. The number of ketones is 2. The van der Waals surface area contributed by atoms with E-state index in [0.29, 0.717) is 13.0 Å². The molecule has 11 heteroatoms. The van der Waals surface area contributed by atoms with Crippen LogP contribution in [0.25, 0.3) is 0 Å². The molecule has 8 N–H and O–H groups in total. The largest absolute Gasteiger partial charge is 0.510 e. The molecule has 0 saturated carbocycles. The van der Waals surface area contributed by atoms with Crippen LogP contribution in [0.3, 0.4) is 0 Å². The summed E-state index contributed by atoms with van der Waals surface area (Å²) in [5.41, 5.74) is 1.27. The number of nitrogens with two attached hydrogens (primary N) is 1. The molecular formula is C24H26FN3O7. The molecule has 1 fully saturated rings. The van der Waals surface area contributed by atoms with Gasteiger partial charge in [-0.3, -0.25) is 14.4 Å². The van der Waals surface area contributed by atoms with Crippen LogP contribution in [0.15, 0.2) is 28.7 Å². The van der Waals surface area contributed by atoms with E-state index in [2.05, 4.69) is 10.6 Å². The summed E-state index contributed by atoms with van der Waals surface area (Å²) in [5, 5.41) is 49.7. The van der Waals surface area contributed by atoms with E-state index in [1.165, 1.54) is 13.1 Å². The number of amides is 1. The summed E-state index contributed by atoms with van der Waals surface area (Å²) >= 11 is 0. The van der Waals surface area contributed by atoms with E-state index in [0.717, 1.165) is 6.42 Å². The van der Waals surface area contributed by atoms with Gasteiger partial charge >= 0.3 is 0 Å². The lowest BCUT2D eigenvalue weighted by molar-refractivity contribution is -0.146. The van der Waals surface area contributed by atoms with Gasteiger partial charge in [0.2, 0.25) is 5.78 Å². The van der Waals surface area contributed by atoms with Crippen molar-refractivity contribution in [1.82, 2.24) is 10.6 Å². The molecule has 1 heterocycles. The number of aromatic hydroxyl groups is 1.